The van der Waals surface area contributed by atoms with Crippen LogP contribution in [-0.4, -0.2) is 40.0 Å². The molecule has 0 unspecified atom stereocenters. The van der Waals surface area contributed by atoms with Gasteiger partial charge >= 0.3 is 12.0 Å². The number of nitro groups is 1. The van der Waals surface area contributed by atoms with E-state index in [-0.39, 0.29) is 30.0 Å². The lowest BCUT2D eigenvalue weighted by Crippen LogP contribution is -2.39. The van der Waals surface area contributed by atoms with Gasteiger partial charge in [0.25, 0.3) is 5.69 Å². The second-order valence-electron chi connectivity index (χ2n) is 5.57. The van der Waals surface area contributed by atoms with Crippen LogP contribution in [0.1, 0.15) is 29.3 Å². The fourth-order valence-electron chi connectivity index (χ4n) is 2.08. The summed E-state index contributed by atoms with van der Waals surface area (Å²) in [5, 5.41) is 15.6. The fourth-order valence-corrected chi connectivity index (χ4v) is 2.84. The summed E-state index contributed by atoms with van der Waals surface area (Å²) in [7, 11) is 1.28. The maximum absolute atomic E-state index is 12.5. The number of thiazole rings is 1. The van der Waals surface area contributed by atoms with E-state index in [4.69, 9.17) is 0 Å². The van der Waals surface area contributed by atoms with Crippen molar-refractivity contribution in [3.63, 3.8) is 0 Å². The maximum atomic E-state index is 12.5. The van der Waals surface area contributed by atoms with Gasteiger partial charge in [-0.05, 0) is 26.0 Å². The maximum Gasteiger partial charge on any atom is 0.357 e. The number of aromatic nitrogens is 1. The molecular weight excluding hydrogens is 360 g/mol. The molecule has 2 aromatic rings. The van der Waals surface area contributed by atoms with E-state index in [1.165, 1.54) is 42.7 Å². The number of benzene rings is 1. The second-order valence-corrected chi connectivity index (χ2v) is 6.52. The molecule has 0 saturated heterocycles. The summed E-state index contributed by atoms with van der Waals surface area (Å²) in [6, 6.07) is 5.07. The molecule has 1 heterocycles. The molecule has 0 aliphatic rings. The highest BCUT2D eigenvalue weighted by molar-refractivity contribution is 7.09. The number of nitrogens with zero attached hydrogens (tertiary/aromatic N) is 3. The first kappa shape index (κ1) is 19.3. The number of hydrogen-bond donors (Lipinski definition) is 1. The third-order valence-corrected chi connectivity index (χ3v) is 4.30. The molecule has 0 spiro atoms. The van der Waals surface area contributed by atoms with Crippen LogP contribution in [0.25, 0.3) is 0 Å². The van der Waals surface area contributed by atoms with Gasteiger partial charge in [0.05, 0.1) is 18.6 Å². The largest absolute Gasteiger partial charge is 0.464 e. The number of amides is 2. The topological polar surface area (TPSA) is 115 Å². The molecule has 0 saturated carbocycles. The van der Waals surface area contributed by atoms with Crippen LogP contribution < -0.4 is 5.32 Å². The Morgan fingerprint density at radius 3 is 2.54 bits per heavy atom. The molecule has 1 aromatic heterocycles. The Hall–Kier alpha value is -3.01. The normalized spacial score (nSPS) is 10.5. The number of rotatable bonds is 6. The van der Waals surface area contributed by atoms with E-state index in [1.54, 1.807) is 10.3 Å². The number of nitro benzene ring substituents is 1. The summed E-state index contributed by atoms with van der Waals surface area (Å²) in [6.07, 6.45) is 0. The van der Waals surface area contributed by atoms with Crippen LogP contribution in [0.2, 0.25) is 0 Å². The predicted molar refractivity (Wildman–Crippen MR) is 96.2 cm³/mol. The Kier molecular flexibility index (Phi) is 6.23. The van der Waals surface area contributed by atoms with E-state index in [0.29, 0.717) is 10.7 Å². The number of ether oxygens (including phenoxy) is 1. The average Bonchev–Trinajstić information content (AvgIpc) is 3.07. The Morgan fingerprint density at radius 2 is 2.00 bits per heavy atom. The molecular formula is C16H18N4O5S. The van der Waals surface area contributed by atoms with Crippen LogP contribution in [-0.2, 0) is 11.3 Å². The van der Waals surface area contributed by atoms with Crippen LogP contribution in [0.5, 0.6) is 0 Å². The van der Waals surface area contributed by atoms with Crippen molar-refractivity contribution in [1.29, 1.82) is 0 Å². The van der Waals surface area contributed by atoms with Gasteiger partial charge in [0.1, 0.15) is 5.01 Å². The van der Waals surface area contributed by atoms with E-state index in [0.717, 1.165) is 0 Å². The van der Waals surface area contributed by atoms with Gasteiger partial charge < -0.3 is 15.0 Å². The van der Waals surface area contributed by atoms with Crippen molar-refractivity contribution in [2.24, 2.45) is 0 Å². The molecule has 9 nitrogen and oxygen atoms in total. The van der Waals surface area contributed by atoms with Crippen LogP contribution in [0, 0.1) is 10.1 Å². The molecule has 26 heavy (non-hydrogen) atoms. The summed E-state index contributed by atoms with van der Waals surface area (Å²) in [5.74, 6) is -0.529. The Bertz CT molecular complexity index is 803. The number of carbonyl (C=O) groups excluding carboxylic acids is 2. The van der Waals surface area contributed by atoms with Crippen LogP contribution >= 0.6 is 11.3 Å². The summed E-state index contributed by atoms with van der Waals surface area (Å²) >= 11 is 1.26. The number of nitrogens with one attached hydrogen (secondary N) is 1. The predicted octanol–water partition coefficient (Wildman–Crippen LogP) is 3.28. The van der Waals surface area contributed by atoms with Crippen molar-refractivity contribution in [2.75, 3.05) is 12.4 Å². The molecule has 0 aliphatic heterocycles. The minimum Gasteiger partial charge on any atom is -0.464 e. The molecule has 0 aliphatic carbocycles. The lowest BCUT2D eigenvalue weighted by molar-refractivity contribution is -0.384. The van der Waals surface area contributed by atoms with Gasteiger partial charge in [-0.2, -0.15) is 0 Å². The van der Waals surface area contributed by atoms with Crippen molar-refractivity contribution in [3.05, 3.63) is 50.5 Å². The van der Waals surface area contributed by atoms with Crippen molar-refractivity contribution >= 4 is 34.7 Å². The molecule has 2 rings (SSSR count). The standard InChI is InChI=1S/C16H18N4O5S/c1-10(2)19(8-14-18-13(9-26-14)15(21)25-3)16(22)17-11-4-6-12(7-5-11)20(23)24/h4-7,9-10H,8H2,1-3H3,(H,17,22). The number of non-ortho nitro benzene ring substituents is 1. The monoisotopic (exact) mass is 378 g/mol. The fraction of sp³-hybridized carbons (Fsp3) is 0.312. The van der Waals surface area contributed by atoms with Gasteiger partial charge in [-0.25, -0.2) is 14.6 Å². The molecule has 1 N–H and O–H groups in total. The van der Waals surface area contributed by atoms with Gasteiger partial charge in [-0.3, -0.25) is 10.1 Å². The number of urea groups is 1. The highest BCUT2D eigenvalue weighted by Gasteiger charge is 2.20. The molecule has 0 bridgehead atoms. The zero-order valence-electron chi connectivity index (χ0n) is 14.5. The number of hydrogen-bond acceptors (Lipinski definition) is 7. The summed E-state index contributed by atoms with van der Waals surface area (Å²) < 4.78 is 4.62. The first-order chi connectivity index (χ1) is 12.3. The van der Waals surface area contributed by atoms with E-state index < -0.39 is 10.9 Å². The van der Waals surface area contributed by atoms with Crippen LogP contribution in [0.15, 0.2) is 29.6 Å². The minimum absolute atomic E-state index is 0.0539. The molecule has 10 heteroatoms. The van der Waals surface area contributed by atoms with Crippen molar-refractivity contribution in [2.45, 2.75) is 26.4 Å². The number of carbonyl (C=O) groups is 2. The quantitative estimate of drug-likeness (QED) is 0.469. The third-order valence-electron chi connectivity index (χ3n) is 3.47. The number of esters is 1. The number of anilines is 1. The van der Waals surface area contributed by atoms with Crippen LogP contribution in [0.4, 0.5) is 16.2 Å². The van der Waals surface area contributed by atoms with Crippen molar-refractivity contribution in [3.8, 4) is 0 Å². The summed E-state index contributed by atoms with van der Waals surface area (Å²) in [4.78, 5) is 39.9. The Morgan fingerprint density at radius 1 is 1.35 bits per heavy atom. The zero-order valence-corrected chi connectivity index (χ0v) is 15.3. The smallest absolute Gasteiger partial charge is 0.357 e. The Balaban J connectivity index is 2.08. The first-order valence-electron chi connectivity index (χ1n) is 7.66. The second kappa shape index (κ2) is 8.39. The average molecular weight is 378 g/mol. The van der Waals surface area contributed by atoms with E-state index in [9.17, 15) is 19.7 Å². The van der Waals surface area contributed by atoms with E-state index >= 15 is 0 Å². The van der Waals surface area contributed by atoms with Gasteiger partial charge in [-0.15, -0.1) is 11.3 Å². The van der Waals surface area contributed by atoms with Crippen molar-refractivity contribution < 1.29 is 19.2 Å². The summed E-state index contributed by atoms with van der Waals surface area (Å²) in [6.45, 7) is 3.92. The lowest BCUT2D eigenvalue weighted by atomic mass is 10.3. The number of methoxy groups -OCH3 is 1. The Labute approximate surface area is 153 Å². The van der Waals surface area contributed by atoms with E-state index in [2.05, 4.69) is 15.0 Å². The molecule has 138 valence electrons. The molecule has 1 aromatic carbocycles. The van der Waals surface area contributed by atoms with Gasteiger partial charge in [0, 0.05) is 29.2 Å². The van der Waals surface area contributed by atoms with E-state index in [1.807, 2.05) is 13.8 Å². The van der Waals surface area contributed by atoms with Crippen molar-refractivity contribution in [1.82, 2.24) is 9.88 Å². The summed E-state index contributed by atoms with van der Waals surface area (Å²) in [5.41, 5.74) is 0.592. The molecule has 0 radical (unpaired) electrons. The molecule has 0 fully saturated rings. The van der Waals surface area contributed by atoms with Crippen LogP contribution in [0.3, 0.4) is 0 Å². The lowest BCUT2D eigenvalue weighted by Gasteiger charge is -2.26. The highest BCUT2D eigenvalue weighted by atomic mass is 32.1. The minimum atomic E-state index is -0.529. The zero-order chi connectivity index (χ0) is 19.3. The van der Waals surface area contributed by atoms with Gasteiger partial charge in [-0.1, -0.05) is 0 Å². The van der Waals surface area contributed by atoms with Gasteiger partial charge in [0.2, 0.25) is 0 Å². The van der Waals surface area contributed by atoms with Gasteiger partial charge in [0.15, 0.2) is 5.69 Å². The molecule has 2 amide bonds. The molecule has 0 atom stereocenters. The highest BCUT2D eigenvalue weighted by Crippen LogP contribution is 2.18. The SMILES string of the molecule is COC(=O)c1csc(CN(C(=O)Nc2ccc([N+](=O)[O-])cc2)C(C)C)n1. The first-order valence-corrected chi connectivity index (χ1v) is 8.54. The third kappa shape index (κ3) is 4.76.